The van der Waals surface area contributed by atoms with Crippen LogP contribution in [0.1, 0.15) is 0 Å². The third-order valence-electron chi connectivity index (χ3n) is 0. The maximum absolute atomic E-state index is 8.74. The third-order valence-corrected chi connectivity index (χ3v) is 0. The first-order valence-corrected chi connectivity index (χ1v) is 2.10. The Hall–Kier alpha value is 1.47. The molecule has 0 aliphatic heterocycles. The topological polar surface area (TPSA) is 110 Å². The molecule has 0 rings (SSSR count). The summed E-state index contributed by atoms with van der Waals surface area (Å²) in [6.07, 6.45) is 0. The molecular formula is H6FeLiMnNO4S. The van der Waals surface area contributed by atoms with Crippen molar-refractivity contribution in [1.82, 2.24) is 6.15 Å². The Morgan fingerprint density at radius 1 is 1.11 bits per heavy atom. The minimum atomic E-state index is -4.67. The van der Waals surface area contributed by atoms with Crippen LogP contribution < -0.4 is 6.15 Å². The molecule has 0 aliphatic carbocycles. The van der Waals surface area contributed by atoms with Gasteiger partial charge in [0, 0.05) is 34.1 Å². The normalized spacial score (nSPS) is 6.44. The minimum absolute atomic E-state index is 0. The van der Waals surface area contributed by atoms with Crippen LogP contribution in [0.2, 0.25) is 0 Å². The van der Waals surface area contributed by atoms with E-state index in [0.717, 1.165) is 0 Å². The molecule has 0 aliphatic rings. The summed E-state index contributed by atoms with van der Waals surface area (Å²) in [4.78, 5) is 0. The van der Waals surface area contributed by atoms with E-state index in [2.05, 4.69) is 0 Å². The molecule has 5 N–H and O–H groups in total. The van der Waals surface area contributed by atoms with E-state index in [1.807, 2.05) is 0 Å². The molecule has 1 radical (unpaired) electrons. The van der Waals surface area contributed by atoms with Gasteiger partial charge in [0.1, 0.15) is 0 Å². The average Bonchev–Trinajstić information content (AvgIpc) is 0.722. The molecule has 0 saturated carbocycles. The van der Waals surface area contributed by atoms with Crippen molar-refractivity contribution < 1.29 is 51.7 Å². The van der Waals surface area contributed by atoms with Gasteiger partial charge in [-0.1, -0.05) is 0 Å². The zero-order chi connectivity index (χ0) is 4.50. The van der Waals surface area contributed by atoms with Crippen molar-refractivity contribution in [1.29, 1.82) is 0 Å². The predicted molar refractivity (Wildman–Crippen MR) is 26.3 cm³/mol. The van der Waals surface area contributed by atoms with E-state index >= 15 is 0 Å². The van der Waals surface area contributed by atoms with Crippen molar-refractivity contribution in [2.75, 3.05) is 0 Å². The van der Waals surface area contributed by atoms with E-state index < -0.39 is 10.4 Å². The van der Waals surface area contributed by atoms with Crippen LogP contribution in [0, 0.1) is 0 Å². The van der Waals surface area contributed by atoms with Crippen molar-refractivity contribution in [3.63, 3.8) is 0 Å². The first-order valence-electron chi connectivity index (χ1n) is 0.698. The molecule has 9 heavy (non-hydrogen) atoms. The first-order chi connectivity index (χ1) is 2.00. The minimum Gasteiger partial charge on any atom is 0 e. The second kappa shape index (κ2) is 12.2. The van der Waals surface area contributed by atoms with Gasteiger partial charge in [-0.3, -0.25) is 9.11 Å². The van der Waals surface area contributed by atoms with E-state index in [1.165, 1.54) is 0 Å². The molecule has 9 heteroatoms. The predicted octanol–water partition coefficient (Wildman–Crippen LogP) is -1.14. The number of hydrogen-bond donors (Lipinski definition) is 3. The summed E-state index contributed by atoms with van der Waals surface area (Å²) < 4.78 is 31.6. The molecule has 0 spiro atoms. The van der Waals surface area contributed by atoms with Gasteiger partial charge in [-0.15, -0.1) is 0 Å². The Bertz CT molecular complexity index is 104. The van der Waals surface area contributed by atoms with Crippen molar-refractivity contribution in [3.05, 3.63) is 0 Å². The summed E-state index contributed by atoms with van der Waals surface area (Å²) in [6.45, 7) is 0. The maximum Gasteiger partial charge on any atom is 0 e. The Morgan fingerprint density at radius 2 is 1.11 bits per heavy atom. The zero-order valence-electron chi connectivity index (χ0n) is 3.56. The van der Waals surface area contributed by atoms with Gasteiger partial charge in [-0.05, 0) is 0 Å². The molecule has 0 aromatic heterocycles. The van der Waals surface area contributed by atoms with Gasteiger partial charge < -0.3 is 6.15 Å². The number of rotatable bonds is 0. The molecule has 5 nitrogen and oxygen atoms in total. The Balaban J connectivity index is -0.0000000133. The van der Waals surface area contributed by atoms with Crippen LogP contribution >= 0.6 is 0 Å². The van der Waals surface area contributed by atoms with Gasteiger partial charge >= 0.3 is 29.3 Å². The summed E-state index contributed by atoms with van der Waals surface area (Å²) in [5.41, 5.74) is 0. The van der Waals surface area contributed by atoms with E-state index in [-0.39, 0.29) is 59.1 Å². The molecule has 0 heterocycles. The third kappa shape index (κ3) is 245. The van der Waals surface area contributed by atoms with Crippen LogP contribution in [-0.4, -0.2) is 36.4 Å². The van der Waals surface area contributed by atoms with Gasteiger partial charge in [0.15, 0.2) is 0 Å². The summed E-state index contributed by atoms with van der Waals surface area (Å²) in [6, 6.07) is 0. The van der Waals surface area contributed by atoms with Gasteiger partial charge in [0.2, 0.25) is 0 Å². The quantitative estimate of drug-likeness (QED) is 0.362. The maximum atomic E-state index is 8.74. The van der Waals surface area contributed by atoms with Gasteiger partial charge in [0.25, 0.3) is 0 Å². The Morgan fingerprint density at radius 3 is 1.11 bits per heavy atom. The fourth-order valence-corrected chi connectivity index (χ4v) is 0. The van der Waals surface area contributed by atoms with E-state index in [4.69, 9.17) is 17.5 Å². The summed E-state index contributed by atoms with van der Waals surface area (Å²) in [5.74, 6) is 0. The molecule has 0 aromatic rings. The largest absolute Gasteiger partial charge is 0 e. The standard InChI is InChI=1S/Fe.Li.Mn.H3N.H2O4S.H/c;;;;1-5(2,3)4;/h;;;1H3;(H2,1,2,3,4);. The van der Waals surface area contributed by atoms with E-state index in [9.17, 15) is 0 Å². The van der Waals surface area contributed by atoms with E-state index in [0.29, 0.717) is 0 Å². The SMILES string of the molecule is N.O=S(=O)(O)O.[Fe].[LiH].[Mn]. The molecular weight excluding hydrogens is 228 g/mol. The van der Waals surface area contributed by atoms with Crippen molar-refractivity contribution in [2.24, 2.45) is 0 Å². The van der Waals surface area contributed by atoms with Gasteiger partial charge in [0.05, 0.1) is 0 Å². The Kier molecular flexibility index (Phi) is 42.5. The fourth-order valence-electron chi connectivity index (χ4n) is 0. The summed E-state index contributed by atoms with van der Waals surface area (Å²) in [7, 11) is -4.67. The van der Waals surface area contributed by atoms with Crippen LogP contribution in [0.3, 0.4) is 0 Å². The smallest absolute Gasteiger partial charge is 0 e. The second-order valence-electron chi connectivity index (χ2n) is 0.448. The fraction of sp³-hybridized carbons (Fsp3) is 0. The molecule has 0 saturated heterocycles. The Labute approximate surface area is 86.6 Å². The van der Waals surface area contributed by atoms with Crippen LogP contribution in [0.4, 0.5) is 0 Å². The summed E-state index contributed by atoms with van der Waals surface area (Å²) in [5, 5.41) is 0. The monoisotopic (exact) mass is 234 g/mol. The van der Waals surface area contributed by atoms with Gasteiger partial charge in [-0.25, -0.2) is 0 Å². The molecule has 0 bridgehead atoms. The molecule has 0 atom stereocenters. The molecule has 0 aromatic carbocycles. The van der Waals surface area contributed by atoms with Crippen molar-refractivity contribution in [2.45, 2.75) is 0 Å². The van der Waals surface area contributed by atoms with E-state index in [1.54, 1.807) is 0 Å². The van der Waals surface area contributed by atoms with Crippen LogP contribution in [0.25, 0.3) is 0 Å². The average molecular weight is 234 g/mol. The summed E-state index contributed by atoms with van der Waals surface area (Å²) >= 11 is 0. The van der Waals surface area contributed by atoms with Crippen LogP contribution in [0.15, 0.2) is 0 Å². The van der Waals surface area contributed by atoms with Crippen molar-refractivity contribution >= 4 is 29.3 Å². The second-order valence-corrected chi connectivity index (χ2v) is 1.34. The first kappa shape index (κ1) is 31.4. The van der Waals surface area contributed by atoms with Crippen molar-refractivity contribution in [3.8, 4) is 0 Å². The molecule has 0 fully saturated rings. The van der Waals surface area contributed by atoms with Gasteiger partial charge in [-0.2, -0.15) is 8.42 Å². The molecule has 0 unspecified atom stereocenters. The molecule has 57 valence electrons. The zero-order valence-corrected chi connectivity index (χ0v) is 6.66. The molecule has 0 amide bonds. The van der Waals surface area contributed by atoms with Crippen LogP contribution in [-0.2, 0) is 44.5 Å². The number of hydrogen-bond acceptors (Lipinski definition) is 3. The van der Waals surface area contributed by atoms with Crippen LogP contribution in [0.5, 0.6) is 0 Å².